The van der Waals surface area contributed by atoms with Gasteiger partial charge in [-0.3, -0.25) is 4.90 Å². The van der Waals surface area contributed by atoms with Crippen LogP contribution < -0.4 is 10.6 Å². The van der Waals surface area contributed by atoms with Gasteiger partial charge in [-0.05, 0) is 57.0 Å². The lowest BCUT2D eigenvalue weighted by molar-refractivity contribution is -0.183. The number of carbonyl (C=O) groups excluding carboxylic acids is 1. The molecule has 0 radical (unpaired) electrons. The highest BCUT2D eigenvalue weighted by Gasteiger charge is 2.42. The van der Waals surface area contributed by atoms with Crippen molar-refractivity contribution >= 4 is 6.03 Å². The molecule has 4 nitrogen and oxygen atoms in total. The first kappa shape index (κ1) is 21.3. The second kappa shape index (κ2) is 9.29. The quantitative estimate of drug-likeness (QED) is 0.755. The van der Waals surface area contributed by atoms with Crippen LogP contribution >= 0.6 is 0 Å². The smallest absolute Gasteiger partial charge is 0.337 e. The van der Waals surface area contributed by atoms with Crippen LogP contribution in [0.4, 0.5) is 18.0 Å². The van der Waals surface area contributed by atoms with E-state index in [0.29, 0.717) is 25.3 Å². The Morgan fingerprint density at radius 2 is 1.81 bits per heavy atom. The van der Waals surface area contributed by atoms with Crippen molar-refractivity contribution in [2.24, 2.45) is 17.8 Å². The molecule has 3 atom stereocenters. The van der Waals surface area contributed by atoms with Gasteiger partial charge in [0.15, 0.2) is 0 Å². The molecule has 1 heterocycles. The molecule has 2 fully saturated rings. The standard InChI is InChI=1S/C19H34F3N3O/c1-13(2)17(25-9-7-14(3)8-10-25)12-23-18(26)24-16-6-4-5-15(11-16)19(20,21)22/h13-17H,4-12H2,1-3H3,(H2,23,24,26). The van der Waals surface area contributed by atoms with E-state index in [2.05, 4.69) is 36.3 Å². The van der Waals surface area contributed by atoms with E-state index in [1.54, 1.807) is 0 Å². The molecule has 1 saturated heterocycles. The third-order valence-corrected chi connectivity index (χ3v) is 6.00. The fourth-order valence-electron chi connectivity index (χ4n) is 4.20. The van der Waals surface area contributed by atoms with Gasteiger partial charge < -0.3 is 10.6 Å². The summed E-state index contributed by atoms with van der Waals surface area (Å²) in [6.07, 6.45) is -0.508. The minimum Gasteiger partial charge on any atom is -0.337 e. The maximum Gasteiger partial charge on any atom is 0.391 e. The zero-order valence-corrected chi connectivity index (χ0v) is 16.2. The van der Waals surface area contributed by atoms with Gasteiger partial charge in [0.05, 0.1) is 5.92 Å². The zero-order chi connectivity index (χ0) is 19.3. The second-order valence-corrected chi connectivity index (χ2v) is 8.49. The Labute approximate surface area is 155 Å². The number of urea groups is 1. The van der Waals surface area contributed by atoms with Crippen molar-refractivity contribution in [3.63, 3.8) is 0 Å². The van der Waals surface area contributed by atoms with Crippen molar-refractivity contribution < 1.29 is 18.0 Å². The maximum atomic E-state index is 12.9. The number of carbonyl (C=O) groups is 1. The summed E-state index contributed by atoms with van der Waals surface area (Å²) in [5, 5.41) is 5.66. The maximum absolute atomic E-state index is 12.9. The Balaban J connectivity index is 1.79. The highest BCUT2D eigenvalue weighted by molar-refractivity contribution is 5.74. The Hall–Kier alpha value is -0.980. The molecule has 0 bridgehead atoms. The topological polar surface area (TPSA) is 44.4 Å². The van der Waals surface area contributed by atoms with Crippen molar-refractivity contribution in [1.29, 1.82) is 0 Å². The average Bonchev–Trinajstić information content (AvgIpc) is 2.56. The lowest BCUT2D eigenvalue weighted by atomic mass is 9.85. The van der Waals surface area contributed by atoms with E-state index in [1.807, 2.05) is 0 Å². The summed E-state index contributed by atoms with van der Waals surface area (Å²) in [4.78, 5) is 14.6. The van der Waals surface area contributed by atoms with Gasteiger partial charge in [0.1, 0.15) is 0 Å². The number of piperidine rings is 1. The number of alkyl halides is 3. The van der Waals surface area contributed by atoms with Crippen LogP contribution in [0.1, 0.15) is 59.3 Å². The number of nitrogens with zero attached hydrogens (tertiary/aromatic N) is 1. The molecule has 0 spiro atoms. The molecule has 0 aromatic heterocycles. The Kier molecular flexibility index (Phi) is 7.62. The first-order valence-electron chi connectivity index (χ1n) is 10.0. The third kappa shape index (κ3) is 6.32. The SMILES string of the molecule is CC1CCN(C(CNC(=O)NC2CCCC(C(F)(F)F)C2)C(C)C)CC1. The van der Waals surface area contributed by atoms with E-state index in [9.17, 15) is 18.0 Å². The van der Waals surface area contributed by atoms with E-state index in [4.69, 9.17) is 0 Å². The minimum atomic E-state index is -4.16. The molecule has 2 aliphatic rings. The molecule has 1 saturated carbocycles. The fraction of sp³-hybridized carbons (Fsp3) is 0.947. The molecule has 0 aromatic carbocycles. The number of nitrogens with one attached hydrogen (secondary N) is 2. The third-order valence-electron chi connectivity index (χ3n) is 6.00. The first-order valence-corrected chi connectivity index (χ1v) is 10.0. The minimum absolute atomic E-state index is 0.00541. The van der Waals surface area contributed by atoms with Crippen LogP contribution in [0.2, 0.25) is 0 Å². The molecule has 2 amide bonds. The predicted octanol–water partition coefficient (Wildman–Crippen LogP) is 4.16. The summed E-state index contributed by atoms with van der Waals surface area (Å²) in [7, 11) is 0. The number of hydrogen-bond donors (Lipinski definition) is 2. The number of rotatable bonds is 5. The molecule has 2 rings (SSSR count). The number of likely N-dealkylation sites (tertiary alicyclic amines) is 1. The lowest BCUT2D eigenvalue weighted by Gasteiger charge is -2.39. The van der Waals surface area contributed by atoms with Crippen LogP contribution in [-0.2, 0) is 0 Å². The molecule has 1 aliphatic carbocycles. The highest BCUT2D eigenvalue weighted by atomic mass is 19.4. The van der Waals surface area contributed by atoms with E-state index in [1.165, 1.54) is 12.8 Å². The average molecular weight is 377 g/mol. The summed E-state index contributed by atoms with van der Waals surface area (Å²) in [5.41, 5.74) is 0. The number of halogens is 3. The number of amides is 2. The summed E-state index contributed by atoms with van der Waals surface area (Å²) >= 11 is 0. The van der Waals surface area contributed by atoms with Gasteiger partial charge >= 0.3 is 12.2 Å². The largest absolute Gasteiger partial charge is 0.391 e. The normalized spacial score (nSPS) is 27.3. The van der Waals surface area contributed by atoms with Crippen LogP contribution in [-0.4, -0.2) is 48.8 Å². The summed E-state index contributed by atoms with van der Waals surface area (Å²) in [5.74, 6) is -0.128. The predicted molar refractivity (Wildman–Crippen MR) is 96.9 cm³/mol. The zero-order valence-electron chi connectivity index (χ0n) is 16.2. The van der Waals surface area contributed by atoms with Gasteiger partial charge in [-0.1, -0.05) is 27.2 Å². The highest BCUT2D eigenvalue weighted by Crippen LogP contribution is 2.37. The van der Waals surface area contributed by atoms with Crippen LogP contribution in [0, 0.1) is 17.8 Å². The molecule has 0 aromatic rings. The summed E-state index contributed by atoms with van der Waals surface area (Å²) in [6, 6.07) is -0.458. The Morgan fingerprint density at radius 1 is 1.15 bits per heavy atom. The van der Waals surface area contributed by atoms with Gasteiger partial charge in [-0.2, -0.15) is 13.2 Å². The molecule has 3 unspecified atom stereocenters. The monoisotopic (exact) mass is 377 g/mol. The van der Waals surface area contributed by atoms with E-state index in [0.717, 1.165) is 19.0 Å². The van der Waals surface area contributed by atoms with Crippen LogP contribution in [0.5, 0.6) is 0 Å². The van der Waals surface area contributed by atoms with Gasteiger partial charge in [-0.15, -0.1) is 0 Å². The molecule has 1 aliphatic heterocycles. The van der Waals surface area contributed by atoms with E-state index < -0.39 is 12.1 Å². The van der Waals surface area contributed by atoms with Crippen molar-refractivity contribution in [2.75, 3.05) is 19.6 Å². The van der Waals surface area contributed by atoms with Gasteiger partial charge in [0.25, 0.3) is 0 Å². The molecule has 152 valence electrons. The molecule has 2 N–H and O–H groups in total. The molecule has 26 heavy (non-hydrogen) atoms. The van der Waals surface area contributed by atoms with Crippen LogP contribution in [0.3, 0.4) is 0 Å². The first-order chi connectivity index (χ1) is 12.2. The van der Waals surface area contributed by atoms with Crippen molar-refractivity contribution in [3.05, 3.63) is 0 Å². The molecule has 7 heteroatoms. The van der Waals surface area contributed by atoms with Crippen LogP contribution in [0.25, 0.3) is 0 Å². The summed E-state index contributed by atoms with van der Waals surface area (Å²) < 4.78 is 38.7. The van der Waals surface area contributed by atoms with Gasteiger partial charge in [0.2, 0.25) is 0 Å². The van der Waals surface area contributed by atoms with E-state index >= 15 is 0 Å². The molecular weight excluding hydrogens is 343 g/mol. The Bertz CT molecular complexity index is 448. The number of hydrogen-bond acceptors (Lipinski definition) is 2. The molecular formula is C19H34F3N3O. The van der Waals surface area contributed by atoms with Crippen molar-refractivity contribution in [1.82, 2.24) is 15.5 Å². The summed E-state index contributed by atoms with van der Waals surface area (Å²) in [6.45, 7) is 9.19. The van der Waals surface area contributed by atoms with Gasteiger partial charge in [0, 0.05) is 18.6 Å². The Morgan fingerprint density at radius 3 is 2.38 bits per heavy atom. The van der Waals surface area contributed by atoms with Crippen molar-refractivity contribution in [2.45, 2.75) is 77.6 Å². The fourth-order valence-corrected chi connectivity index (χ4v) is 4.20. The van der Waals surface area contributed by atoms with E-state index in [-0.39, 0.29) is 31.0 Å². The van der Waals surface area contributed by atoms with Crippen LogP contribution in [0.15, 0.2) is 0 Å². The van der Waals surface area contributed by atoms with Gasteiger partial charge in [-0.25, -0.2) is 4.79 Å². The lowest BCUT2D eigenvalue weighted by Crippen LogP contribution is -2.52. The second-order valence-electron chi connectivity index (χ2n) is 8.49. The van der Waals surface area contributed by atoms with Crippen molar-refractivity contribution in [3.8, 4) is 0 Å².